The summed E-state index contributed by atoms with van der Waals surface area (Å²) in [4.78, 5) is 2.67. The standard InChI is InChI=1S/C22H30N2O2S/c1-15(2)19-8-10-20(11-9-19)27(25,26)23-21-16(3)14-17(4)22(18(21)5)24-12-6-7-13-24/h8-11,14-15,23H,6-7,12-13H2,1-5H3. The molecule has 1 aliphatic heterocycles. The average molecular weight is 387 g/mol. The Balaban J connectivity index is 1.97. The first kappa shape index (κ1) is 19.7. The highest BCUT2D eigenvalue weighted by molar-refractivity contribution is 7.92. The molecular formula is C22H30N2O2S. The van der Waals surface area contributed by atoms with Gasteiger partial charge in [-0.25, -0.2) is 8.42 Å². The number of sulfonamides is 1. The van der Waals surface area contributed by atoms with E-state index < -0.39 is 10.0 Å². The fourth-order valence-electron chi connectivity index (χ4n) is 3.98. The number of anilines is 2. The lowest BCUT2D eigenvalue weighted by Crippen LogP contribution is -2.22. The zero-order chi connectivity index (χ0) is 19.8. The summed E-state index contributed by atoms with van der Waals surface area (Å²) in [6, 6.07) is 9.25. The molecule has 5 heteroatoms. The molecule has 0 amide bonds. The van der Waals surface area contributed by atoms with Gasteiger partial charge in [0.25, 0.3) is 10.0 Å². The molecule has 4 nitrogen and oxygen atoms in total. The third-order valence-corrected chi connectivity index (χ3v) is 6.81. The summed E-state index contributed by atoms with van der Waals surface area (Å²) in [6.07, 6.45) is 2.38. The van der Waals surface area contributed by atoms with E-state index in [0.717, 1.165) is 29.8 Å². The molecule has 0 atom stereocenters. The maximum Gasteiger partial charge on any atom is 0.261 e. The van der Waals surface area contributed by atoms with E-state index in [-0.39, 0.29) is 0 Å². The first-order valence-corrected chi connectivity index (χ1v) is 11.2. The van der Waals surface area contributed by atoms with Crippen LogP contribution in [0.1, 0.15) is 54.9 Å². The van der Waals surface area contributed by atoms with Crippen molar-refractivity contribution in [3.63, 3.8) is 0 Å². The van der Waals surface area contributed by atoms with Crippen LogP contribution in [0.25, 0.3) is 0 Å². The van der Waals surface area contributed by atoms with Crippen LogP contribution in [0.5, 0.6) is 0 Å². The number of benzene rings is 2. The molecule has 1 aliphatic rings. The van der Waals surface area contributed by atoms with E-state index in [0.29, 0.717) is 16.5 Å². The number of hydrogen-bond donors (Lipinski definition) is 1. The molecule has 2 aromatic rings. The molecule has 0 unspecified atom stereocenters. The van der Waals surface area contributed by atoms with Crippen molar-refractivity contribution in [2.24, 2.45) is 0 Å². The van der Waals surface area contributed by atoms with Crippen molar-refractivity contribution in [1.29, 1.82) is 0 Å². The second-order valence-electron chi connectivity index (χ2n) is 7.88. The molecule has 0 aliphatic carbocycles. The van der Waals surface area contributed by atoms with Gasteiger partial charge >= 0.3 is 0 Å². The van der Waals surface area contributed by atoms with Gasteiger partial charge in [0.2, 0.25) is 0 Å². The van der Waals surface area contributed by atoms with Crippen molar-refractivity contribution in [3.8, 4) is 0 Å². The first-order valence-electron chi connectivity index (χ1n) is 9.69. The predicted octanol–water partition coefficient (Wildman–Crippen LogP) is 5.14. The molecule has 0 radical (unpaired) electrons. The van der Waals surface area contributed by atoms with Crippen LogP contribution < -0.4 is 9.62 Å². The van der Waals surface area contributed by atoms with Crippen LogP contribution >= 0.6 is 0 Å². The Bertz CT molecular complexity index is 926. The van der Waals surface area contributed by atoms with Gasteiger partial charge in [-0.05, 0) is 73.9 Å². The largest absolute Gasteiger partial charge is 0.371 e. The molecule has 1 N–H and O–H groups in total. The van der Waals surface area contributed by atoms with Gasteiger partial charge in [-0.15, -0.1) is 0 Å². The molecule has 0 aromatic heterocycles. The fourth-order valence-corrected chi connectivity index (χ4v) is 5.18. The number of nitrogens with zero attached hydrogens (tertiary/aromatic N) is 1. The maximum absolute atomic E-state index is 13.0. The van der Waals surface area contributed by atoms with Crippen LogP contribution in [0.15, 0.2) is 35.2 Å². The van der Waals surface area contributed by atoms with E-state index in [1.54, 1.807) is 12.1 Å². The quantitative estimate of drug-likeness (QED) is 0.774. The Kier molecular flexibility index (Phi) is 5.52. The lowest BCUT2D eigenvalue weighted by Gasteiger charge is -2.26. The van der Waals surface area contributed by atoms with Crippen LogP contribution in [0.3, 0.4) is 0 Å². The monoisotopic (exact) mass is 386 g/mol. The van der Waals surface area contributed by atoms with Crippen molar-refractivity contribution in [3.05, 3.63) is 52.6 Å². The molecule has 1 saturated heterocycles. The van der Waals surface area contributed by atoms with Gasteiger partial charge in [-0.1, -0.05) is 32.0 Å². The van der Waals surface area contributed by atoms with Gasteiger partial charge in [0.15, 0.2) is 0 Å². The molecule has 0 saturated carbocycles. The Morgan fingerprint density at radius 1 is 0.963 bits per heavy atom. The smallest absolute Gasteiger partial charge is 0.261 e. The summed E-state index contributed by atoms with van der Waals surface area (Å²) < 4.78 is 28.8. The minimum atomic E-state index is -3.62. The number of rotatable bonds is 5. The Morgan fingerprint density at radius 2 is 1.56 bits per heavy atom. The molecule has 1 heterocycles. The molecule has 0 bridgehead atoms. The maximum atomic E-state index is 13.0. The zero-order valence-electron chi connectivity index (χ0n) is 17.0. The molecule has 2 aromatic carbocycles. The van der Waals surface area contributed by atoms with Crippen molar-refractivity contribution in [2.45, 2.75) is 58.3 Å². The molecule has 146 valence electrons. The van der Waals surface area contributed by atoms with E-state index in [9.17, 15) is 8.42 Å². The third kappa shape index (κ3) is 3.98. The van der Waals surface area contributed by atoms with Gasteiger partial charge in [0.05, 0.1) is 10.6 Å². The number of nitrogens with one attached hydrogen (secondary N) is 1. The Morgan fingerprint density at radius 3 is 2.11 bits per heavy atom. The molecule has 1 fully saturated rings. The molecular weight excluding hydrogens is 356 g/mol. The summed E-state index contributed by atoms with van der Waals surface area (Å²) in [5.74, 6) is 0.374. The van der Waals surface area contributed by atoms with Crippen molar-refractivity contribution < 1.29 is 8.42 Å². The summed E-state index contributed by atoms with van der Waals surface area (Å²) >= 11 is 0. The second-order valence-corrected chi connectivity index (χ2v) is 9.56. The number of hydrogen-bond acceptors (Lipinski definition) is 3. The fraction of sp³-hybridized carbons (Fsp3) is 0.455. The van der Waals surface area contributed by atoms with Gasteiger partial charge in [-0.3, -0.25) is 4.72 Å². The van der Waals surface area contributed by atoms with Crippen LogP contribution in [0.4, 0.5) is 11.4 Å². The zero-order valence-corrected chi connectivity index (χ0v) is 17.8. The van der Waals surface area contributed by atoms with E-state index in [1.807, 2.05) is 26.0 Å². The lowest BCUT2D eigenvalue weighted by molar-refractivity contribution is 0.601. The topological polar surface area (TPSA) is 49.4 Å². The first-order chi connectivity index (χ1) is 12.7. The van der Waals surface area contributed by atoms with Crippen molar-refractivity contribution >= 4 is 21.4 Å². The summed E-state index contributed by atoms with van der Waals surface area (Å²) in [6.45, 7) is 12.4. The lowest BCUT2D eigenvalue weighted by atomic mass is 10.0. The molecule has 0 spiro atoms. The van der Waals surface area contributed by atoms with Gasteiger partial charge < -0.3 is 4.90 Å². The van der Waals surface area contributed by atoms with E-state index in [1.165, 1.54) is 24.1 Å². The minimum Gasteiger partial charge on any atom is -0.371 e. The summed E-state index contributed by atoms with van der Waals surface area (Å²) in [5.41, 5.74) is 6.18. The highest BCUT2D eigenvalue weighted by Gasteiger charge is 2.23. The third-order valence-electron chi connectivity index (χ3n) is 5.45. The average Bonchev–Trinajstić information content (AvgIpc) is 3.12. The van der Waals surface area contributed by atoms with Crippen LogP contribution in [-0.2, 0) is 10.0 Å². The Labute approximate surface area is 163 Å². The van der Waals surface area contributed by atoms with Gasteiger partial charge in [-0.2, -0.15) is 0 Å². The predicted molar refractivity (Wildman–Crippen MR) is 113 cm³/mol. The Hall–Kier alpha value is -2.01. The van der Waals surface area contributed by atoms with Gasteiger partial charge in [0.1, 0.15) is 0 Å². The molecule has 3 rings (SSSR count). The van der Waals surface area contributed by atoms with Crippen LogP contribution in [0.2, 0.25) is 0 Å². The van der Waals surface area contributed by atoms with Crippen molar-refractivity contribution in [2.75, 3.05) is 22.7 Å². The van der Waals surface area contributed by atoms with E-state index in [4.69, 9.17) is 0 Å². The SMILES string of the molecule is Cc1cc(C)c(N2CCCC2)c(C)c1NS(=O)(=O)c1ccc(C(C)C)cc1. The van der Waals surface area contributed by atoms with E-state index in [2.05, 4.69) is 36.5 Å². The van der Waals surface area contributed by atoms with Crippen molar-refractivity contribution in [1.82, 2.24) is 0 Å². The van der Waals surface area contributed by atoms with Gasteiger partial charge in [0, 0.05) is 18.8 Å². The highest BCUT2D eigenvalue weighted by Crippen LogP contribution is 2.36. The minimum absolute atomic E-state index is 0.300. The number of aryl methyl sites for hydroxylation is 2. The second kappa shape index (κ2) is 7.55. The van der Waals surface area contributed by atoms with Crippen LogP contribution in [0, 0.1) is 20.8 Å². The normalized spacial score (nSPS) is 14.8. The van der Waals surface area contributed by atoms with Crippen LogP contribution in [-0.4, -0.2) is 21.5 Å². The van der Waals surface area contributed by atoms with E-state index >= 15 is 0 Å². The highest BCUT2D eigenvalue weighted by atomic mass is 32.2. The summed E-state index contributed by atoms with van der Waals surface area (Å²) in [7, 11) is -3.62. The summed E-state index contributed by atoms with van der Waals surface area (Å²) in [5, 5.41) is 0. The molecule has 27 heavy (non-hydrogen) atoms.